The lowest BCUT2D eigenvalue weighted by molar-refractivity contribution is 0.281. The third kappa shape index (κ3) is 2.55. The summed E-state index contributed by atoms with van der Waals surface area (Å²) < 4.78 is 0. The average molecular weight is 306 g/mol. The lowest BCUT2D eigenvalue weighted by atomic mass is 9.80. The first-order valence-corrected chi connectivity index (χ1v) is 8.97. The number of para-hydroxylation sites is 1. The van der Waals surface area contributed by atoms with E-state index in [2.05, 4.69) is 60.4 Å². The minimum Gasteiger partial charge on any atom is -0.337 e. The summed E-state index contributed by atoms with van der Waals surface area (Å²) in [5.41, 5.74) is 11.9. The van der Waals surface area contributed by atoms with Crippen LogP contribution in [0.5, 0.6) is 0 Å². The van der Waals surface area contributed by atoms with Gasteiger partial charge in [-0.3, -0.25) is 0 Å². The number of nitrogens with two attached hydrogens (primary N) is 1. The molecular formula is C21H26N2. The van der Waals surface area contributed by atoms with Gasteiger partial charge in [0.2, 0.25) is 0 Å². The van der Waals surface area contributed by atoms with Crippen LogP contribution in [-0.2, 0) is 0 Å². The third-order valence-electron chi connectivity index (χ3n) is 5.76. The van der Waals surface area contributed by atoms with Gasteiger partial charge < -0.3 is 10.6 Å². The van der Waals surface area contributed by atoms with Gasteiger partial charge in [0.15, 0.2) is 0 Å². The maximum absolute atomic E-state index is 6.43. The first-order chi connectivity index (χ1) is 11.3. The van der Waals surface area contributed by atoms with Crippen LogP contribution >= 0.6 is 0 Å². The van der Waals surface area contributed by atoms with E-state index in [9.17, 15) is 0 Å². The van der Waals surface area contributed by atoms with E-state index in [1.54, 1.807) is 0 Å². The molecule has 0 radical (unpaired) electrons. The quantitative estimate of drug-likeness (QED) is 0.819. The second kappa shape index (κ2) is 6.01. The standard InChI is InChI=1S/C21H26N2/c1-15-18(22)9-6-12-19(15)23-20-10-4-2-7-16(20)13-14-17-8-3-5-11-21(17)23/h2,4-5,7,10-11,13-15,18-19H,3,6,8-9,12,22H2,1H3. The van der Waals surface area contributed by atoms with Crippen LogP contribution in [0.2, 0.25) is 0 Å². The molecule has 0 saturated heterocycles. The molecule has 3 unspecified atom stereocenters. The van der Waals surface area contributed by atoms with Gasteiger partial charge in [0.1, 0.15) is 0 Å². The number of nitrogens with zero attached hydrogens (tertiary/aromatic N) is 1. The highest BCUT2D eigenvalue weighted by atomic mass is 15.2. The highest BCUT2D eigenvalue weighted by Gasteiger charge is 2.35. The number of fused-ring (bicyclic) bond motifs is 1. The summed E-state index contributed by atoms with van der Waals surface area (Å²) in [7, 11) is 0. The van der Waals surface area contributed by atoms with Crippen LogP contribution in [-0.4, -0.2) is 12.1 Å². The zero-order valence-corrected chi connectivity index (χ0v) is 13.9. The monoisotopic (exact) mass is 306 g/mol. The van der Waals surface area contributed by atoms with Gasteiger partial charge in [-0.1, -0.05) is 43.4 Å². The minimum absolute atomic E-state index is 0.314. The van der Waals surface area contributed by atoms with Crippen LogP contribution in [0, 0.1) is 5.92 Å². The van der Waals surface area contributed by atoms with Gasteiger partial charge in [-0.15, -0.1) is 0 Å². The Balaban J connectivity index is 1.85. The lowest BCUT2D eigenvalue weighted by Gasteiger charge is -2.44. The first kappa shape index (κ1) is 14.8. The van der Waals surface area contributed by atoms with Gasteiger partial charge in [-0.25, -0.2) is 0 Å². The van der Waals surface area contributed by atoms with E-state index in [-0.39, 0.29) is 0 Å². The number of hydrogen-bond donors (Lipinski definition) is 1. The van der Waals surface area contributed by atoms with Gasteiger partial charge in [0.05, 0.1) is 0 Å². The van der Waals surface area contributed by atoms with Crippen LogP contribution in [0.4, 0.5) is 5.69 Å². The Bertz CT molecular complexity index is 683. The van der Waals surface area contributed by atoms with Crippen LogP contribution < -0.4 is 10.6 Å². The first-order valence-electron chi connectivity index (χ1n) is 8.97. The van der Waals surface area contributed by atoms with Crippen molar-refractivity contribution >= 4 is 11.8 Å². The number of anilines is 1. The van der Waals surface area contributed by atoms with E-state index in [4.69, 9.17) is 5.73 Å². The fraction of sp³-hybridized carbons (Fsp3) is 0.429. The molecule has 2 nitrogen and oxygen atoms in total. The molecule has 1 heterocycles. The molecule has 2 N–H and O–H groups in total. The molecule has 0 spiro atoms. The van der Waals surface area contributed by atoms with Gasteiger partial charge in [0.25, 0.3) is 0 Å². The van der Waals surface area contributed by atoms with Crippen molar-refractivity contribution in [2.24, 2.45) is 11.7 Å². The van der Waals surface area contributed by atoms with Crippen LogP contribution in [0.1, 0.15) is 44.6 Å². The van der Waals surface area contributed by atoms with Gasteiger partial charge >= 0.3 is 0 Å². The normalized spacial score (nSPS) is 30.0. The van der Waals surface area contributed by atoms with E-state index >= 15 is 0 Å². The average Bonchev–Trinajstić information content (AvgIpc) is 2.75. The predicted octanol–water partition coefficient (Wildman–Crippen LogP) is 4.64. The molecular weight excluding hydrogens is 280 g/mol. The van der Waals surface area contributed by atoms with Crippen LogP contribution in [0.25, 0.3) is 6.08 Å². The molecule has 23 heavy (non-hydrogen) atoms. The Morgan fingerprint density at radius 2 is 1.96 bits per heavy atom. The second-order valence-corrected chi connectivity index (χ2v) is 7.13. The summed E-state index contributed by atoms with van der Waals surface area (Å²) in [6.07, 6.45) is 15.2. The molecule has 0 bridgehead atoms. The lowest BCUT2D eigenvalue weighted by Crippen LogP contribution is -2.49. The molecule has 3 atom stereocenters. The Hall–Kier alpha value is -1.80. The molecule has 1 aromatic rings. The Morgan fingerprint density at radius 3 is 2.87 bits per heavy atom. The fourth-order valence-corrected chi connectivity index (χ4v) is 4.34. The van der Waals surface area contributed by atoms with Crippen molar-refractivity contribution in [1.29, 1.82) is 0 Å². The van der Waals surface area contributed by atoms with Gasteiger partial charge in [0, 0.05) is 23.5 Å². The van der Waals surface area contributed by atoms with Crippen molar-refractivity contribution in [3.8, 4) is 0 Å². The summed E-state index contributed by atoms with van der Waals surface area (Å²) in [5.74, 6) is 0.513. The molecule has 1 aliphatic heterocycles. The molecule has 0 amide bonds. The summed E-state index contributed by atoms with van der Waals surface area (Å²) in [6, 6.07) is 9.60. The van der Waals surface area contributed by atoms with Crippen LogP contribution in [0.3, 0.4) is 0 Å². The van der Waals surface area contributed by atoms with E-state index in [0.717, 1.165) is 19.3 Å². The predicted molar refractivity (Wildman–Crippen MR) is 98.1 cm³/mol. The highest BCUT2D eigenvalue weighted by molar-refractivity contribution is 5.75. The molecule has 2 aliphatic carbocycles. The summed E-state index contributed by atoms with van der Waals surface area (Å²) >= 11 is 0. The summed E-state index contributed by atoms with van der Waals surface area (Å²) in [5, 5.41) is 0. The summed E-state index contributed by atoms with van der Waals surface area (Å²) in [4.78, 5) is 2.60. The van der Waals surface area contributed by atoms with Crippen molar-refractivity contribution in [2.75, 3.05) is 4.90 Å². The molecule has 120 valence electrons. The second-order valence-electron chi connectivity index (χ2n) is 7.13. The molecule has 1 fully saturated rings. The van der Waals surface area contributed by atoms with Gasteiger partial charge in [-0.2, -0.15) is 0 Å². The van der Waals surface area contributed by atoms with Crippen molar-refractivity contribution in [3.05, 3.63) is 59.3 Å². The smallest absolute Gasteiger partial charge is 0.0487 e. The van der Waals surface area contributed by atoms with Crippen molar-refractivity contribution in [3.63, 3.8) is 0 Å². The Morgan fingerprint density at radius 1 is 1.09 bits per heavy atom. The molecule has 1 saturated carbocycles. The van der Waals surface area contributed by atoms with Crippen LogP contribution in [0.15, 0.2) is 53.8 Å². The highest BCUT2D eigenvalue weighted by Crippen LogP contribution is 2.40. The number of benzene rings is 1. The molecule has 0 aromatic heterocycles. The van der Waals surface area contributed by atoms with Crippen molar-refractivity contribution in [2.45, 2.75) is 51.1 Å². The van der Waals surface area contributed by atoms with Crippen molar-refractivity contribution < 1.29 is 0 Å². The fourth-order valence-electron chi connectivity index (χ4n) is 4.34. The van der Waals surface area contributed by atoms with E-state index in [0.29, 0.717) is 18.0 Å². The third-order valence-corrected chi connectivity index (χ3v) is 5.76. The number of allylic oxidation sites excluding steroid dienone is 4. The number of hydrogen-bond acceptors (Lipinski definition) is 2. The van der Waals surface area contributed by atoms with E-state index < -0.39 is 0 Å². The Labute approximate surface area is 139 Å². The van der Waals surface area contributed by atoms with Crippen molar-refractivity contribution in [1.82, 2.24) is 0 Å². The zero-order chi connectivity index (χ0) is 15.8. The Kier molecular flexibility index (Phi) is 3.86. The SMILES string of the molecule is CC1C(N)CCCC1N1C2=C(C=Cc3ccccc31)CCC=C2. The molecule has 3 aliphatic rings. The minimum atomic E-state index is 0.314. The van der Waals surface area contributed by atoms with Gasteiger partial charge in [-0.05, 0) is 61.3 Å². The van der Waals surface area contributed by atoms with E-state index in [1.807, 2.05) is 0 Å². The van der Waals surface area contributed by atoms with E-state index in [1.165, 1.54) is 35.4 Å². The largest absolute Gasteiger partial charge is 0.337 e. The summed E-state index contributed by atoms with van der Waals surface area (Å²) in [6.45, 7) is 2.34. The maximum Gasteiger partial charge on any atom is 0.0487 e. The zero-order valence-electron chi connectivity index (χ0n) is 13.9. The maximum atomic E-state index is 6.43. The molecule has 2 heteroatoms. The number of rotatable bonds is 1. The topological polar surface area (TPSA) is 29.3 Å². The molecule has 1 aromatic carbocycles. The molecule has 4 rings (SSSR count).